The van der Waals surface area contributed by atoms with Crippen LogP contribution in [0.2, 0.25) is 0 Å². The molecular formula is C30H28N2O3. The third kappa shape index (κ3) is 6.58. The van der Waals surface area contributed by atoms with E-state index in [2.05, 4.69) is 10.6 Å². The molecule has 4 rings (SSSR count). The van der Waals surface area contributed by atoms with Crippen LogP contribution in [0.4, 0.5) is 0 Å². The van der Waals surface area contributed by atoms with E-state index in [0.29, 0.717) is 29.0 Å². The van der Waals surface area contributed by atoms with E-state index in [9.17, 15) is 9.59 Å². The summed E-state index contributed by atoms with van der Waals surface area (Å²) in [6, 6.07) is 31.9. The number of carbonyl (C=O) groups is 2. The van der Waals surface area contributed by atoms with Crippen LogP contribution in [0.5, 0.6) is 5.75 Å². The lowest BCUT2D eigenvalue weighted by Crippen LogP contribution is -2.41. The normalized spacial score (nSPS) is 10.6. The Balaban J connectivity index is 1.56. The number of hydrogen-bond acceptors (Lipinski definition) is 3. The molecule has 176 valence electrons. The highest BCUT2D eigenvalue weighted by Gasteiger charge is 2.19. The van der Waals surface area contributed by atoms with E-state index >= 15 is 0 Å². The minimum Gasteiger partial charge on any atom is -0.489 e. The molecule has 0 aliphatic heterocycles. The SMILES string of the molecule is Cc1ccc(C(=O)NC(NC(=O)c2ccc(C)cc2)c2cccc(OCc3ccccc3)c2)cc1. The molecule has 0 aliphatic rings. The molecule has 2 amide bonds. The molecule has 0 aliphatic carbocycles. The molecule has 0 radical (unpaired) electrons. The number of carbonyl (C=O) groups excluding carboxylic acids is 2. The zero-order valence-electron chi connectivity index (χ0n) is 19.8. The minimum absolute atomic E-state index is 0.283. The molecule has 0 atom stereocenters. The lowest BCUT2D eigenvalue weighted by atomic mass is 10.1. The molecule has 4 aromatic carbocycles. The molecule has 0 heterocycles. The van der Waals surface area contributed by atoms with Gasteiger partial charge in [0, 0.05) is 11.1 Å². The predicted octanol–water partition coefficient (Wildman–Crippen LogP) is 5.74. The highest BCUT2D eigenvalue weighted by Crippen LogP contribution is 2.20. The fourth-order valence-electron chi connectivity index (χ4n) is 3.57. The second-order valence-corrected chi connectivity index (χ2v) is 8.46. The summed E-state index contributed by atoms with van der Waals surface area (Å²) in [7, 11) is 0. The second-order valence-electron chi connectivity index (χ2n) is 8.46. The van der Waals surface area contributed by atoms with E-state index in [-0.39, 0.29) is 11.8 Å². The summed E-state index contributed by atoms with van der Waals surface area (Å²) < 4.78 is 5.96. The van der Waals surface area contributed by atoms with Gasteiger partial charge in [0.05, 0.1) is 0 Å². The van der Waals surface area contributed by atoms with E-state index in [4.69, 9.17) is 4.74 Å². The Bertz CT molecular complexity index is 1220. The molecule has 0 saturated heterocycles. The van der Waals surface area contributed by atoms with Crippen molar-refractivity contribution in [3.05, 3.63) is 137 Å². The fourth-order valence-corrected chi connectivity index (χ4v) is 3.57. The van der Waals surface area contributed by atoms with Gasteiger partial charge in [0.15, 0.2) is 0 Å². The molecule has 0 spiro atoms. The fraction of sp³-hybridized carbons (Fsp3) is 0.133. The van der Waals surface area contributed by atoms with E-state index in [0.717, 1.165) is 16.7 Å². The second kappa shape index (κ2) is 11.2. The summed E-state index contributed by atoms with van der Waals surface area (Å²) in [5, 5.41) is 5.91. The van der Waals surface area contributed by atoms with Crippen molar-refractivity contribution < 1.29 is 14.3 Å². The van der Waals surface area contributed by atoms with Crippen molar-refractivity contribution in [2.24, 2.45) is 0 Å². The summed E-state index contributed by atoms with van der Waals surface area (Å²) in [6.45, 7) is 4.35. The number of aryl methyl sites for hydroxylation is 2. The van der Waals surface area contributed by atoms with Crippen LogP contribution in [-0.4, -0.2) is 11.8 Å². The number of rotatable bonds is 8. The molecule has 5 nitrogen and oxygen atoms in total. The van der Waals surface area contributed by atoms with Crippen LogP contribution >= 0.6 is 0 Å². The molecule has 2 N–H and O–H groups in total. The number of hydrogen-bond donors (Lipinski definition) is 2. The number of amides is 2. The average Bonchev–Trinajstić information content (AvgIpc) is 2.88. The Morgan fingerprint density at radius 1 is 0.686 bits per heavy atom. The largest absolute Gasteiger partial charge is 0.489 e. The van der Waals surface area contributed by atoms with Gasteiger partial charge in [-0.25, -0.2) is 0 Å². The molecular weight excluding hydrogens is 436 g/mol. The van der Waals surface area contributed by atoms with Gasteiger partial charge in [-0.2, -0.15) is 0 Å². The molecule has 0 saturated carbocycles. The first-order chi connectivity index (χ1) is 17.0. The maximum absolute atomic E-state index is 13.0. The minimum atomic E-state index is -0.752. The van der Waals surface area contributed by atoms with Crippen molar-refractivity contribution in [3.63, 3.8) is 0 Å². The van der Waals surface area contributed by atoms with Crippen LogP contribution < -0.4 is 15.4 Å². The smallest absolute Gasteiger partial charge is 0.253 e. The first-order valence-corrected chi connectivity index (χ1v) is 11.5. The van der Waals surface area contributed by atoms with Crippen LogP contribution in [-0.2, 0) is 6.61 Å². The Morgan fingerprint density at radius 3 is 1.77 bits per heavy atom. The molecule has 0 unspecified atom stereocenters. The lowest BCUT2D eigenvalue weighted by molar-refractivity contribution is 0.0883. The van der Waals surface area contributed by atoms with Crippen molar-refractivity contribution in [1.29, 1.82) is 0 Å². The summed E-state index contributed by atoms with van der Waals surface area (Å²) in [5.74, 6) is 0.0788. The number of ether oxygens (including phenoxy) is 1. The van der Waals surface area contributed by atoms with Gasteiger partial charge in [-0.05, 0) is 61.4 Å². The maximum atomic E-state index is 13.0. The van der Waals surface area contributed by atoms with Crippen molar-refractivity contribution >= 4 is 11.8 Å². The highest BCUT2D eigenvalue weighted by atomic mass is 16.5. The Morgan fingerprint density at radius 2 is 1.23 bits per heavy atom. The summed E-state index contributed by atoms with van der Waals surface area (Å²) in [5.41, 5.74) is 4.91. The monoisotopic (exact) mass is 464 g/mol. The molecule has 5 heteroatoms. The van der Waals surface area contributed by atoms with Crippen molar-refractivity contribution in [1.82, 2.24) is 10.6 Å². The van der Waals surface area contributed by atoms with E-state index < -0.39 is 6.17 Å². The number of benzene rings is 4. The topological polar surface area (TPSA) is 67.4 Å². The molecule has 0 bridgehead atoms. The summed E-state index contributed by atoms with van der Waals surface area (Å²) >= 11 is 0. The molecule has 35 heavy (non-hydrogen) atoms. The van der Waals surface area contributed by atoms with Crippen LogP contribution in [0.25, 0.3) is 0 Å². The van der Waals surface area contributed by atoms with Gasteiger partial charge in [0.2, 0.25) is 0 Å². The zero-order chi connectivity index (χ0) is 24.6. The predicted molar refractivity (Wildman–Crippen MR) is 137 cm³/mol. The van der Waals surface area contributed by atoms with Gasteiger partial charge in [0.25, 0.3) is 11.8 Å². The van der Waals surface area contributed by atoms with Gasteiger partial charge in [-0.3, -0.25) is 9.59 Å². The van der Waals surface area contributed by atoms with Gasteiger partial charge >= 0.3 is 0 Å². The molecule has 0 fully saturated rings. The summed E-state index contributed by atoms with van der Waals surface area (Å²) in [4.78, 5) is 26.0. The van der Waals surface area contributed by atoms with Gasteiger partial charge < -0.3 is 15.4 Å². The summed E-state index contributed by atoms with van der Waals surface area (Å²) in [6.07, 6.45) is -0.752. The quantitative estimate of drug-likeness (QED) is 0.327. The van der Waals surface area contributed by atoms with Crippen LogP contribution in [0.15, 0.2) is 103 Å². The van der Waals surface area contributed by atoms with Gasteiger partial charge in [0.1, 0.15) is 18.5 Å². The van der Waals surface area contributed by atoms with Crippen molar-refractivity contribution in [2.45, 2.75) is 26.6 Å². The van der Waals surface area contributed by atoms with E-state index in [1.165, 1.54) is 0 Å². The number of nitrogens with one attached hydrogen (secondary N) is 2. The van der Waals surface area contributed by atoms with E-state index in [1.54, 1.807) is 24.3 Å². The van der Waals surface area contributed by atoms with Gasteiger partial charge in [-0.15, -0.1) is 0 Å². The Labute approximate surface area is 205 Å². The highest BCUT2D eigenvalue weighted by molar-refractivity contribution is 5.96. The van der Waals surface area contributed by atoms with Crippen LogP contribution in [0, 0.1) is 13.8 Å². The Hall–Kier alpha value is -4.38. The first-order valence-electron chi connectivity index (χ1n) is 11.5. The lowest BCUT2D eigenvalue weighted by Gasteiger charge is -2.22. The van der Waals surface area contributed by atoms with E-state index in [1.807, 2.05) is 92.7 Å². The van der Waals surface area contributed by atoms with Crippen molar-refractivity contribution in [3.8, 4) is 5.75 Å². The average molecular weight is 465 g/mol. The van der Waals surface area contributed by atoms with Crippen LogP contribution in [0.3, 0.4) is 0 Å². The van der Waals surface area contributed by atoms with Crippen LogP contribution in [0.1, 0.15) is 49.1 Å². The maximum Gasteiger partial charge on any atom is 0.253 e. The third-order valence-electron chi connectivity index (χ3n) is 5.62. The first kappa shape index (κ1) is 23.8. The van der Waals surface area contributed by atoms with Gasteiger partial charge in [-0.1, -0.05) is 77.9 Å². The third-order valence-corrected chi connectivity index (χ3v) is 5.62. The molecule has 4 aromatic rings. The Kier molecular flexibility index (Phi) is 7.58. The zero-order valence-corrected chi connectivity index (χ0v) is 19.8. The standard InChI is InChI=1S/C30H28N2O3/c1-21-11-15-24(16-12-21)29(33)31-28(32-30(34)25-17-13-22(2)14-18-25)26-9-6-10-27(19-26)35-20-23-7-4-3-5-8-23/h3-19,28H,20H2,1-2H3,(H,31,33)(H,32,34). The van der Waals surface area contributed by atoms with Crippen molar-refractivity contribution in [2.75, 3.05) is 0 Å². The molecule has 0 aromatic heterocycles.